The Hall–Kier alpha value is -2.38. The van der Waals surface area contributed by atoms with Crippen LogP contribution in [0.25, 0.3) is 0 Å². The highest BCUT2D eigenvalue weighted by Crippen LogP contribution is 2.15. The van der Waals surface area contributed by atoms with Crippen molar-refractivity contribution in [1.29, 1.82) is 5.26 Å². The van der Waals surface area contributed by atoms with Gasteiger partial charge in [0, 0.05) is 21.9 Å². The molecule has 0 aliphatic heterocycles. The topological polar surface area (TPSA) is 52.9 Å². The Morgan fingerprint density at radius 1 is 1.10 bits per heavy atom. The summed E-state index contributed by atoms with van der Waals surface area (Å²) in [6.07, 6.45) is 1.43. The van der Waals surface area contributed by atoms with Gasteiger partial charge in [0.1, 0.15) is 11.6 Å². The quantitative estimate of drug-likeness (QED) is 0.521. The molecule has 2 rings (SSSR count). The van der Waals surface area contributed by atoms with Crippen LogP contribution in [0.2, 0.25) is 0 Å². The Bertz CT molecular complexity index is 670. The summed E-state index contributed by atoms with van der Waals surface area (Å²) in [6, 6.07) is 18.1. The highest BCUT2D eigenvalue weighted by Gasteiger charge is 2.10. The summed E-state index contributed by atoms with van der Waals surface area (Å²) in [5.41, 5.74) is 1.37. The van der Waals surface area contributed by atoms with Crippen LogP contribution in [0, 0.1) is 11.3 Å². The Morgan fingerprint density at radius 2 is 1.75 bits per heavy atom. The van der Waals surface area contributed by atoms with Gasteiger partial charge in [-0.1, -0.05) is 46.3 Å². The number of anilines is 1. The van der Waals surface area contributed by atoms with E-state index in [0.29, 0.717) is 5.56 Å². The minimum atomic E-state index is -0.294. The summed E-state index contributed by atoms with van der Waals surface area (Å²) < 4.78 is 0.966. The molecule has 0 bridgehead atoms. The van der Waals surface area contributed by atoms with Crippen molar-refractivity contribution in [2.45, 2.75) is 0 Å². The molecule has 0 fully saturated rings. The number of nitriles is 1. The molecule has 20 heavy (non-hydrogen) atoms. The first-order valence-electron chi connectivity index (χ1n) is 5.93. The van der Waals surface area contributed by atoms with Crippen molar-refractivity contribution in [1.82, 2.24) is 0 Å². The van der Waals surface area contributed by atoms with E-state index in [2.05, 4.69) is 21.2 Å². The molecule has 0 atom stereocenters. The monoisotopic (exact) mass is 326 g/mol. The molecule has 0 aromatic heterocycles. The lowest BCUT2D eigenvalue weighted by atomic mass is 10.1. The maximum absolute atomic E-state index is 12.1. The summed E-state index contributed by atoms with van der Waals surface area (Å²) in [7, 11) is 0. The predicted molar refractivity (Wildman–Crippen MR) is 82.2 cm³/mol. The second kappa shape index (κ2) is 6.69. The van der Waals surface area contributed by atoms with Crippen LogP contribution in [-0.4, -0.2) is 5.78 Å². The number of rotatable bonds is 4. The van der Waals surface area contributed by atoms with Gasteiger partial charge in [0.25, 0.3) is 0 Å². The van der Waals surface area contributed by atoms with Crippen LogP contribution >= 0.6 is 15.9 Å². The van der Waals surface area contributed by atoms with Crippen LogP contribution in [0.1, 0.15) is 10.4 Å². The number of hydrogen-bond donors (Lipinski definition) is 1. The predicted octanol–water partition coefficient (Wildman–Crippen LogP) is 4.15. The molecule has 0 aliphatic carbocycles. The number of hydrogen-bond acceptors (Lipinski definition) is 3. The summed E-state index contributed by atoms with van der Waals surface area (Å²) in [5, 5.41) is 12.0. The summed E-state index contributed by atoms with van der Waals surface area (Å²) in [6.45, 7) is 0. The van der Waals surface area contributed by atoms with E-state index in [1.165, 1.54) is 6.20 Å². The van der Waals surface area contributed by atoms with Crippen molar-refractivity contribution in [2.24, 2.45) is 0 Å². The molecule has 0 unspecified atom stereocenters. The number of benzene rings is 2. The lowest BCUT2D eigenvalue weighted by molar-refractivity contribution is 0.103. The van der Waals surface area contributed by atoms with Crippen molar-refractivity contribution in [2.75, 3.05) is 5.32 Å². The number of Topliss-reactive ketones (excluding diaryl/α,β-unsaturated/α-hetero) is 1. The van der Waals surface area contributed by atoms with Gasteiger partial charge in [0.15, 0.2) is 0 Å². The molecule has 3 nitrogen and oxygen atoms in total. The molecule has 0 heterocycles. The zero-order valence-electron chi connectivity index (χ0n) is 10.5. The summed E-state index contributed by atoms with van der Waals surface area (Å²) in [5.74, 6) is -0.294. The Kier molecular flexibility index (Phi) is 4.70. The van der Waals surface area contributed by atoms with Gasteiger partial charge >= 0.3 is 0 Å². The minimum Gasteiger partial charge on any atom is -0.360 e. The van der Waals surface area contributed by atoms with Gasteiger partial charge in [-0.2, -0.15) is 5.26 Å². The number of ketones is 1. The molecule has 0 amide bonds. The van der Waals surface area contributed by atoms with Crippen molar-refractivity contribution < 1.29 is 4.79 Å². The minimum absolute atomic E-state index is 0.0686. The first-order valence-corrected chi connectivity index (χ1v) is 6.72. The maximum Gasteiger partial charge on any atom is 0.205 e. The van der Waals surface area contributed by atoms with E-state index in [0.717, 1.165) is 10.2 Å². The van der Waals surface area contributed by atoms with Gasteiger partial charge in [-0.15, -0.1) is 0 Å². The number of carbonyl (C=O) groups is 1. The average molecular weight is 327 g/mol. The van der Waals surface area contributed by atoms with Crippen LogP contribution in [0.3, 0.4) is 0 Å². The van der Waals surface area contributed by atoms with E-state index < -0.39 is 0 Å². The first kappa shape index (κ1) is 14.0. The van der Waals surface area contributed by atoms with E-state index in [1.54, 1.807) is 24.3 Å². The van der Waals surface area contributed by atoms with E-state index in [1.807, 2.05) is 36.4 Å². The van der Waals surface area contributed by atoms with E-state index in [-0.39, 0.29) is 11.4 Å². The third kappa shape index (κ3) is 3.56. The largest absolute Gasteiger partial charge is 0.360 e. The third-order valence-corrected chi connectivity index (χ3v) is 3.16. The van der Waals surface area contributed by atoms with E-state index in [9.17, 15) is 4.79 Å². The number of nitrogens with one attached hydrogen (secondary N) is 1. The SMILES string of the molecule is N#C/C(=C\Nc1ccc(Br)cc1)C(=O)c1ccccc1. The highest BCUT2D eigenvalue weighted by molar-refractivity contribution is 9.10. The van der Waals surface area contributed by atoms with Crippen LogP contribution in [0.5, 0.6) is 0 Å². The van der Waals surface area contributed by atoms with Gasteiger partial charge in [-0.05, 0) is 24.3 Å². The molecule has 1 N–H and O–H groups in total. The molecule has 0 aliphatic rings. The normalized spacial score (nSPS) is 10.7. The molecule has 4 heteroatoms. The van der Waals surface area contributed by atoms with Gasteiger partial charge in [-0.3, -0.25) is 4.79 Å². The fraction of sp³-hybridized carbons (Fsp3) is 0. The lowest BCUT2D eigenvalue weighted by Gasteiger charge is -2.02. The highest BCUT2D eigenvalue weighted by atomic mass is 79.9. The summed E-state index contributed by atoms with van der Waals surface area (Å²) in [4.78, 5) is 12.1. The van der Waals surface area contributed by atoms with Crippen molar-refractivity contribution in [3.8, 4) is 6.07 Å². The molecule has 0 saturated carbocycles. The van der Waals surface area contributed by atoms with Crippen molar-refractivity contribution in [3.63, 3.8) is 0 Å². The van der Waals surface area contributed by atoms with Crippen LogP contribution < -0.4 is 5.32 Å². The molecule has 0 spiro atoms. The fourth-order valence-electron chi connectivity index (χ4n) is 1.60. The second-order valence-corrected chi connectivity index (χ2v) is 4.93. The Labute approximate surface area is 125 Å². The van der Waals surface area contributed by atoms with Crippen molar-refractivity contribution >= 4 is 27.4 Å². The second-order valence-electron chi connectivity index (χ2n) is 4.02. The summed E-state index contributed by atoms with van der Waals surface area (Å²) >= 11 is 3.34. The Morgan fingerprint density at radius 3 is 2.35 bits per heavy atom. The van der Waals surface area contributed by atoms with E-state index in [4.69, 9.17) is 5.26 Å². The lowest BCUT2D eigenvalue weighted by Crippen LogP contribution is -2.04. The number of allylic oxidation sites excluding steroid dienone is 1. The van der Waals surface area contributed by atoms with Gasteiger partial charge < -0.3 is 5.32 Å². The van der Waals surface area contributed by atoms with Crippen molar-refractivity contribution in [3.05, 3.63) is 76.4 Å². The number of carbonyl (C=O) groups excluding carboxylic acids is 1. The van der Waals surface area contributed by atoms with Crippen LogP contribution in [0.15, 0.2) is 70.8 Å². The first-order chi connectivity index (χ1) is 9.70. The molecule has 0 saturated heterocycles. The number of halogens is 1. The van der Waals surface area contributed by atoms with Crippen LogP contribution in [0.4, 0.5) is 5.69 Å². The Balaban J connectivity index is 2.16. The average Bonchev–Trinajstić information content (AvgIpc) is 2.50. The smallest absolute Gasteiger partial charge is 0.205 e. The number of nitrogens with zero attached hydrogens (tertiary/aromatic N) is 1. The van der Waals surface area contributed by atoms with Gasteiger partial charge in [0.05, 0.1) is 0 Å². The zero-order valence-corrected chi connectivity index (χ0v) is 12.1. The maximum atomic E-state index is 12.1. The van der Waals surface area contributed by atoms with Crippen LogP contribution in [-0.2, 0) is 0 Å². The van der Waals surface area contributed by atoms with Gasteiger partial charge in [0.2, 0.25) is 5.78 Å². The molecular formula is C16H11BrN2O. The molecule has 2 aromatic rings. The fourth-order valence-corrected chi connectivity index (χ4v) is 1.86. The zero-order chi connectivity index (χ0) is 14.4. The molecule has 2 aromatic carbocycles. The standard InChI is InChI=1S/C16H11BrN2O/c17-14-6-8-15(9-7-14)19-11-13(10-18)16(20)12-4-2-1-3-5-12/h1-9,11,19H/b13-11+. The van der Waals surface area contributed by atoms with E-state index >= 15 is 0 Å². The van der Waals surface area contributed by atoms with Gasteiger partial charge in [-0.25, -0.2) is 0 Å². The molecule has 0 radical (unpaired) electrons. The third-order valence-electron chi connectivity index (χ3n) is 2.63. The molecular weight excluding hydrogens is 316 g/mol. The molecule has 98 valence electrons.